The number of hydrogen-bond donors (Lipinski definition) is 1. The number of aromatic nitrogens is 1. The van der Waals surface area contributed by atoms with E-state index in [4.69, 9.17) is 22.1 Å². The number of alkyl halides is 3. The molecule has 9 nitrogen and oxygen atoms in total. The third-order valence-corrected chi connectivity index (χ3v) is 7.15. The highest BCUT2D eigenvalue weighted by molar-refractivity contribution is 6.43. The number of ketones is 1. The molecule has 1 aliphatic carbocycles. The molecule has 4 rings (SSSR count). The molecule has 0 spiro atoms. The maximum absolute atomic E-state index is 13.3. The Kier molecular flexibility index (Phi) is 7.46. The molecule has 1 saturated carbocycles. The predicted octanol–water partition coefficient (Wildman–Crippen LogP) is 3.80. The summed E-state index contributed by atoms with van der Waals surface area (Å²) in [6.45, 7) is 3.53. The number of carbonyl (C=O) groups excluding carboxylic acids is 4. The fraction of sp³-hybridized carbons (Fsp3) is 0.440. The Morgan fingerprint density at radius 2 is 1.71 bits per heavy atom. The third kappa shape index (κ3) is 5.35. The first kappa shape index (κ1) is 27.5. The SMILES string of the molecule is Cc1c(C(=O)C(=O)N2CCN(c3ccc(Cl)c(C(F)(F)F)c3)CC2)c(C)n(C(N)=O)c1C(=O)OCC1CC1. The molecule has 2 fully saturated rings. The van der Waals surface area contributed by atoms with Crippen LogP contribution in [-0.4, -0.2) is 65.9 Å². The molecule has 2 N–H and O–H groups in total. The highest BCUT2D eigenvalue weighted by Crippen LogP contribution is 2.37. The molecular formula is C25H26ClF3N4O5. The van der Waals surface area contributed by atoms with Gasteiger partial charge in [0.05, 0.1) is 22.8 Å². The van der Waals surface area contributed by atoms with Crippen LogP contribution >= 0.6 is 11.6 Å². The van der Waals surface area contributed by atoms with Crippen LogP contribution in [0, 0.1) is 19.8 Å². The fourth-order valence-electron chi connectivity index (χ4n) is 4.58. The molecular weight excluding hydrogens is 529 g/mol. The molecule has 2 heterocycles. The van der Waals surface area contributed by atoms with Crippen LogP contribution in [0.15, 0.2) is 18.2 Å². The Balaban J connectivity index is 1.50. The van der Waals surface area contributed by atoms with Gasteiger partial charge in [-0.15, -0.1) is 0 Å². The van der Waals surface area contributed by atoms with Crippen LogP contribution < -0.4 is 10.6 Å². The van der Waals surface area contributed by atoms with E-state index in [1.807, 2.05) is 0 Å². The number of amides is 2. The molecule has 2 aliphatic rings. The second-order valence-electron chi connectivity index (χ2n) is 9.42. The molecule has 204 valence electrons. The molecule has 1 saturated heterocycles. The van der Waals surface area contributed by atoms with Crippen molar-refractivity contribution in [3.05, 3.63) is 51.3 Å². The average Bonchev–Trinajstić information content (AvgIpc) is 3.65. The molecule has 2 aromatic rings. The number of anilines is 1. The number of hydrogen-bond acceptors (Lipinski definition) is 6. The van der Waals surface area contributed by atoms with Crippen molar-refractivity contribution in [2.75, 3.05) is 37.7 Å². The number of ether oxygens (including phenoxy) is 1. The van der Waals surface area contributed by atoms with E-state index in [1.165, 1.54) is 30.9 Å². The highest BCUT2D eigenvalue weighted by Gasteiger charge is 2.36. The summed E-state index contributed by atoms with van der Waals surface area (Å²) in [5, 5.41) is -0.412. The first-order chi connectivity index (χ1) is 17.8. The van der Waals surface area contributed by atoms with Gasteiger partial charge < -0.3 is 20.3 Å². The summed E-state index contributed by atoms with van der Waals surface area (Å²) < 4.78 is 45.9. The summed E-state index contributed by atoms with van der Waals surface area (Å²) in [7, 11) is 0. The van der Waals surface area contributed by atoms with E-state index in [2.05, 4.69) is 0 Å². The number of nitrogens with two attached hydrogens (primary N) is 1. The van der Waals surface area contributed by atoms with Crippen molar-refractivity contribution >= 4 is 41.0 Å². The number of carbonyl (C=O) groups is 4. The van der Waals surface area contributed by atoms with Crippen molar-refractivity contribution < 1.29 is 37.1 Å². The first-order valence-corrected chi connectivity index (χ1v) is 12.3. The second kappa shape index (κ2) is 10.3. The van der Waals surface area contributed by atoms with Crippen molar-refractivity contribution in [2.24, 2.45) is 11.7 Å². The number of Topliss-reactive ketones (excluding diaryl/α,β-unsaturated/α-hetero) is 1. The molecule has 0 radical (unpaired) electrons. The van der Waals surface area contributed by atoms with Crippen LogP contribution in [-0.2, 0) is 15.7 Å². The maximum atomic E-state index is 13.3. The van der Waals surface area contributed by atoms with Gasteiger partial charge in [0.15, 0.2) is 0 Å². The fourth-order valence-corrected chi connectivity index (χ4v) is 4.81. The molecule has 0 unspecified atom stereocenters. The quantitative estimate of drug-likeness (QED) is 0.330. The van der Waals surface area contributed by atoms with Crippen LogP contribution in [0.5, 0.6) is 0 Å². The standard InChI is InChI=1S/C25H26ClF3N4O5/c1-13-19(14(2)33(24(30)37)20(13)23(36)38-12-15-3-4-15)21(34)22(35)32-9-7-31(8-10-32)16-5-6-18(26)17(11-16)25(27,28)29/h5-6,11,15H,3-4,7-10,12H2,1-2H3,(H2,30,37). The van der Waals surface area contributed by atoms with E-state index >= 15 is 0 Å². The lowest BCUT2D eigenvalue weighted by Gasteiger charge is -2.36. The Morgan fingerprint density at radius 1 is 1.08 bits per heavy atom. The van der Waals surface area contributed by atoms with Crippen molar-refractivity contribution in [2.45, 2.75) is 32.9 Å². The van der Waals surface area contributed by atoms with E-state index < -0.39 is 40.5 Å². The van der Waals surface area contributed by atoms with Gasteiger partial charge in [-0.2, -0.15) is 13.2 Å². The summed E-state index contributed by atoms with van der Waals surface area (Å²) in [6.07, 6.45) is -2.73. The van der Waals surface area contributed by atoms with Gasteiger partial charge in [-0.1, -0.05) is 11.6 Å². The smallest absolute Gasteiger partial charge is 0.417 e. The Labute approximate surface area is 221 Å². The van der Waals surface area contributed by atoms with Crippen LogP contribution in [0.4, 0.5) is 23.7 Å². The van der Waals surface area contributed by atoms with Gasteiger partial charge in [-0.05, 0) is 56.4 Å². The number of primary amides is 1. The minimum Gasteiger partial charge on any atom is -0.461 e. The normalized spacial score (nSPS) is 15.9. The maximum Gasteiger partial charge on any atom is 0.417 e. The summed E-state index contributed by atoms with van der Waals surface area (Å²) in [6, 6.07) is 2.59. The number of esters is 1. The van der Waals surface area contributed by atoms with E-state index in [-0.39, 0.29) is 61.2 Å². The van der Waals surface area contributed by atoms with Gasteiger partial charge in [0.1, 0.15) is 5.69 Å². The van der Waals surface area contributed by atoms with Crippen molar-refractivity contribution in [1.29, 1.82) is 0 Å². The van der Waals surface area contributed by atoms with Crippen LogP contribution in [0.3, 0.4) is 0 Å². The summed E-state index contributed by atoms with van der Waals surface area (Å²) >= 11 is 5.70. The minimum atomic E-state index is -4.61. The Hall–Kier alpha value is -3.54. The van der Waals surface area contributed by atoms with Crippen molar-refractivity contribution in [1.82, 2.24) is 9.47 Å². The van der Waals surface area contributed by atoms with Gasteiger partial charge in [0.2, 0.25) is 0 Å². The van der Waals surface area contributed by atoms with Gasteiger partial charge in [-0.25, -0.2) is 9.59 Å². The molecule has 2 amide bonds. The Morgan fingerprint density at radius 3 is 2.26 bits per heavy atom. The van der Waals surface area contributed by atoms with Crippen molar-refractivity contribution in [3.8, 4) is 0 Å². The Bertz CT molecular complexity index is 1310. The molecule has 38 heavy (non-hydrogen) atoms. The molecule has 0 atom stereocenters. The number of halogens is 4. The average molecular weight is 555 g/mol. The third-order valence-electron chi connectivity index (χ3n) is 6.82. The second-order valence-corrected chi connectivity index (χ2v) is 9.83. The first-order valence-electron chi connectivity index (χ1n) is 11.9. The van der Waals surface area contributed by atoms with E-state index in [1.54, 1.807) is 4.90 Å². The lowest BCUT2D eigenvalue weighted by atomic mass is 10.0. The molecule has 0 bridgehead atoms. The van der Waals surface area contributed by atoms with Crippen LogP contribution in [0.1, 0.15) is 50.5 Å². The minimum absolute atomic E-state index is 0.0474. The largest absolute Gasteiger partial charge is 0.461 e. The van der Waals surface area contributed by atoms with Gasteiger partial charge >= 0.3 is 18.2 Å². The molecule has 1 aliphatic heterocycles. The molecule has 1 aromatic heterocycles. The van der Waals surface area contributed by atoms with Crippen LogP contribution in [0.2, 0.25) is 5.02 Å². The number of rotatable bonds is 6. The zero-order chi connectivity index (χ0) is 27.9. The van der Waals surface area contributed by atoms with E-state index in [9.17, 15) is 32.3 Å². The lowest BCUT2D eigenvalue weighted by molar-refractivity contribution is -0.137. The number of nitrogens with zero attached hydrogens (tertiary/aromatic N) is 3. The monoisotopic (exact) mass is 554 g/mol. The number of piperazine rings is 1. The summed E-state index contributed by atoms with van der Waals surface area (Å²) in [5.41, 5.74) is 4.65. The molecule has 13 heteroatoms. The van der Waals surface area contributed by atoms with Crippen molar-refractivity contribution in [3.63, 3.8) is 0 Å². The van der Waals surface area contributed by atoms with Gasteiger partial charge in [0, 0.05) is 37.6 Å². The van der Waals surface area contributed by atoms with Crippen LogP contribution in [0.25, 0.3) is 0 Å². The molecule has 1 aromatic carbocycles. The predicted molar refractivity (Wildman–Crippen MR) is 131 cm³/mol. The number of benzene rings is 1. The van der Waals surface area contributed by atoms with Gasteiger partial charge in [-0.3, -0.25) is 14.2 Å². The van der Waals surface area contributed by atoms with Gasteiger partial charge in [0.25, 0.3) is 11.7 Å². The topological polar surface area (TPSA) is 115 Å². The zero-order valence-electron chi connectivity index (χ0n) is 20.7. The van der Waals surface area contributed by atoms with E-state index in [0.717, 1.165) is 23.5 Å². The lowest BCUT2D eigenvalue weighted by Crippen LogP contribution is -2.50. The summed E-state index contributed by atoms with van der Waals surface area (Å²) in [4.78, 5) is 54.1. The zero-order valence-corrected chi connectivity index (χ0v) is 21.5. The highest BCUT2D eigenvalue weighted by atomic mass is 35.5. The summed E-state index contributed by atoms with van der Waals surface area (Å²) in [5.74, 6) is -2.32. The van der Waals surface area contributed by atoms with E-state index in [0.29, 0.717) is 5.69 Å².